The maximum Gasteiger partial charge on any atom is 0.174 e. The van der Waals surface area contributed by atoms with E-state index in [2.05, 4.69) is 0 Å². The van der Waals surface area contributed by atoms with Gasteiger partial charge in [0.25, 0.3) is 0 Å². The lowest BCUT2D eigenvalue weighted by molar-refractivity contribution is 0.0795. The molecule has 0 saturated carbocycles. The van der Waals surface area contributed by atoms with Gasteiger partial charge in [-0.3, -0.25) is 9.59 Å². The summed E-state index contributed by atoms with van der Waals surface area (Å²) >= 11 is 0. The van der Waals surface area contributed by atoms with Crippen LogP contribution in [0.2, 0.25) is 0 Å². The van der Waals surface area contributed by atoms with E-state index in [0.717, 1.165) is 11.1 Å². The summed E-state index contributed by atoms with van der Waals surface area (Å²) in [4.78, 5) is 27.8. The van der Waals surface area contributed by atoms with Crippen LogP contribution in [-0.2, 0) is 0 Å². The Balaban J connectivity index is 1.84. The topological polar surface area (TPSA) is 43.4 Å². The Morgan fingerprint density at radius 1 is 0.676 bits per heavy atom. The van der Waals surface area contributed by atoms with E-state index in [-0.39, 0.29) is 11.6 Å². The van der Waals surface area contributed by atoms with Crippen LogP contribution in [0.3, 0.4) is 0 Å². The first-order valence-electron chi connectivity index (χ1n) is 11.2. The van der Waals surface area contributed by atoms with E-state index in [1.54, 1.807) is 43.5 Å². The van der Waals surface area contributed by atoms with E-state index in [1.165, 1.54) is 0 Å². The summed E-state index contributed by atoms with van der Waals surface area (Å²) in [7, 11) is 1.56. The van der Waals surface area contributed by atoms with E-state index >= 15 is 0 Å². The highest BCUT2D eigenvalue weighted by Crippen LogP contribution is 2.33. The number of carbonyl (C=O) groups is 2. The lowest BCUT2D eigenvalue weighted by Gasteiger charge is -2.24. The Kier molecular flexibility index (Phi) is 7.46. The number of rotatable bonds is 9. The Morgan fingerprint density at radius 3 is 1.88 bits per heavy atom. The van der Waals surface area contributed by atoms with Crippen molar-refractivity contribution in [2.24, 2.45) is 5.92 Å². The van der Waals surface area contributed by atoms with E-state index < -0.39 is 11.8 Å². The predicted octanol–water partition coefficient (Wildman–Crippen LogP) is 6.87. The van der Waals surface area contributed by atoms with E-state index in [0.29, 0.717) is 16.9 Å². The molecule has 2 unspecified atom stereocenters. The van der Waals surface area contributed by atoms with Crippen molar-refractivity contribution in [2.75, 3.05) is 7.11 Å². The molecule has 2 atom stereocenters. The highest BCUT2D eigenvalue weighted by molar-refractivity contribution is 6.17. The normalized spacial score (nSPS) is 12.7. The molecule has 0 aliphatic heterocycles. The number of hydrogen-bond donors (Lipinski definition) is 0. The summed E-state index contributed by atoms with van der Waals surface area (Å²) in [5.41, 5.74) is 2.86. The largest absolute Gasteiger partial charge is 0.497 e. The molecule has 4 aromatic rings. The van der Waals surface area contributed by atoms with Gasteiger partial charge in [0.1, 0.15) is 5.75 Å². The molecule has 34 heavy (non-hydrogen) atoms. The number of hydrogen-bond acceptors (Lipinski definition) is 3. The molecule has 0 saturated heterocycles. The minimum atomic E-state index is -0.933. The number of Topliss-reactive ketones (excluding diaryl/α,β-unsaturated/α-hetero) is 2. The van der Waals surface area contributed by atoms with Crippen molar-refractivity contribution < 1.29 is 14.3 Å². The molecular weight excluding hydrogens is 420 g/mol. The molecule has 0 bridgehead atoms. The highest BCUT2D eigenvalue weighted by atomic mass is 16.5. The van der Waals surface area contributed by atoms with Crippen molar-refractivity contribution in [3.63, 3.8) is 0 Å². The SMILES string of the molecule is COc1cccc(C(=O)C(C(=O)c2ccccc2)C(/C=C/c2ccccc2)c2ccccc2)c1. The Labute approximate surface area is 200 Å². The second-order valence-corrected chi connectivity index (χ2v) is 8.01. The van der Waals surface area contributed by atoms with Crippen LogP contribution in [-0.4, -0.2) is 18.7 Å². The summed E-state index contributed by atoms with van der Waals surface area (Å²) in [6.07, 6.45) is 3.94. The minimum absolute atomic E-state index is 0.208. The monoisotopic (exact) mass is 446 g/mol. The third-order valence-corrected chi connectivity index (χ3v) is 5.82. The number of ether oxygens (including phenoxy) is 1. The standard InChI is InChI=1S/C31H26O3/c1-34-27-19-11-18-26(22-27)31(33)29(30(32)25-16-9-4-10-17-25)28(24-14-7-3-8-15-24)21-20-23-12-5-2-6-13-23/h2-22,28-29H,1H3/b21-20+. The molecule has 168 valence electrons. The van der Waals surface area contributed by atoms with Gasteiger partial charge in [0.15, 0.2) is 11.6 Å². The molecule has 0 radical (unpaired) electrons. The van der Waals surface area contributed by atoms with Gasteiger partial charge in [0.05, 0.1) is 13.0 Å². The third-order valence-electron chi connectivity index (χ3n) is 5.82. The van der Waals surface area contributed by atoms with Gasteiger partial charge >= 0.3 is 0 Å². The Hall–Kier alpha value is -4.24. The van der Waals surface area contributed by atoms with Gasteiger partial charge in [0, 0.05) is 17.0 Å². The molecular formula is C31H26O3. The average Bonchev–Trinajstić information content (AvgIpc) is 2.92. The fourth-order valence-corrected chi connectivity index (χ4v) is 4.05. The zero-order chi connectivity index (χ0) is 23.8. The van der Waals surface area contributed by atoms with Crippen LogP contribution in [0, 0.1) is 5.92 Å². The molecule has 0 amide bonds. The van der Waals surface area contributed by atoms with Crippen molar-refractivity contribution in [1.29, 1.82) is 0 Å². The number of methoxy groups -OCH3 is 1. The Morgan fingerprint density at radius 2 is 1.24 bits per heavy atom. The van der Waals surface area contributed by atoms with Gasteiger partial charge in [-0.1, -0.05) is 115 Å². The summed E-state index contributed by atoms with van der Waals surface area (Å²) < 4.78 is 5.33. The van der Waals surface area contributed by atoms with E-state index in [4.69, 9.17) is 4.74 Å². The lowest BCUT2D eigenvalue weighted by atomic mass is 9.76. The van der Waals surface area contributed by atoms with Gasteiger partial charge in [-0.25, -0.2) is 0 Å². The van der Waals surface area contributed by atoms with Gasteiger partial charge in [-0.2, -0.15) is 0 Å². The summed E-state index contributed by atoms with van der Waals surface area (Å²) in [5, 5.41) is 0. The van der Waals surface area contributed by atoms with Gasteiger partial charge in [-0.15, -0.1) is 0 Å². The molecule has 4 aromatic carbocycles. The van der Waals surface area contributed by atoms with Crippen molar-refractivity contribution >= 4 is 17.6 Å². The molecule has 4 rings (SSSR count). The molecule has 0 fully saturated rings. The second kappa shape index (κ2) is 11.1. The van der Waals surface area contributed by atoms with E-state index in [1.807, 2.05) is 91.0 Å². The van der Waals surface area contributed by atoms with Crippen molar-refractivity contribution in [2.45, 2.75) is 5.92 Å². The van der Waals surface area contributed by atoms with Crippen LogP contribution in [0.25, 0.3) is 6.08 Å². The average molecular weight is 447 g/mol. The van der Waals surface area contributed by atoms with Crippen molar-refractivity contribution in [3.8, 4) is 5.75 Å². The first-order valence-corrected chi connectivity index (χ1v) is 11.2. The fraction of sp³-hybridized carbons (Fsp3) is 0.0968. The first kappa shape index (κ1) is 22.9. The molecule has 0 aliphatic carbocycles. The maximum absolute atomic E-state index is 13.9. The van der Waals surface area contributed by atoms with E-state index in [9.17, 15) is 9.59 Å². The summed E-state index contributed by atoms with van der Waals surface area (Å²) in [5.74, 6) is -1.25. The van der Waals surface area contributed by atoms with Crippen LogP contribution in [0.5, 0.6) is 5.75 Å². The number of allylic oxidation sites excluding steroid dienone is 1. The smallest absolute Gasteiger partial charge is 0.174 e. The fourth-order valence-electron chi connectivity index (χ4n) is 4.05. The molecule has 3 nitrogen and oxygen atoms in total. The van der Waals surface area contributed by atoms with Gasteiger partial charge in [-0.05, 0) is 23.3 Å². The highest BCUT2D eigenvalue weighted by Gasteiger charge is 2.35. The van der Waals surface area contributed by atoms with Crippen molar-refractivity contribution in [1.82, 2.24) is 0 Å². The summed E-state index contributed by atoms with van der Waals surface area (Å²) in [6, 6.07) is 35.6. The molecule has 0 aliphatic rings. The van der Waals surface area contributed by atoms with Crippen molar-refractivity contribution in [3.05, 3.63) is 144 Å². The Bertz CT molecular complexity index is 1260. The predicted molar refractivity (Wildman–Crippen MR) is 136 cm³/mol. The zero-order valence-corrected chi connectivity index (χ0v) is 19.0. The van der Waals surface area contributed by atoms with Crippen LogP contribution in [0.15, 0.2) is 121 Å². The van der Waals surface area contributed by atoms with Crippen LogP contribution >= 0.6 is 0 Å². The third kappa shape index (κ3) is 5.38. The molecule has 0 heterocycles. The second-order valence-electron chi connectivity index (χ2n) is 8.01. The maximum atomic E-state index is 13.9. The molecule has 0 N–H and O–H groups in total. The molecule has 3 heteroatoms. The quantitative estimate of drug-likeness (QED) is 0.208. The van der Waals surface area contributed by atoms with Gasteiger partial charge in [0.2, 0.25) is 0 Å². The lowest BCUT2D eigenvalue weighted by Crippen LogP contribution is -2.30. The van der Waals surface area contributed by atoms with Crippen LogP contribution in [0.1, 0.15) is 37.8 Å². The number of ketones is 2. The number of benzene rings is 4. The minimum Gasteiger partial charge on any atom is -0.497 e. The molecule has 0 spiro atoms. The van der Waals surface area contributed by atoms with Crippen LogP contribution < -0.4 is 4.74 Å². The molecule has 0 aromatic heterocycles. The zero-order valence-electron chi connectivity index (χ0n) is 19.0. The van der Waals surface area contributed by atoms with Crippen LogP contribution in [0.4, 0.5) is 0 Å². The summed E-state index contributed by atoms with van der Waals surface area (Å²) in [6.45, 7) is 0. The number of carbonyl (C=O) groups excluding carboxylic acids is 2. The first-order chi connectivity index (χ1) is 16.7. The van der Waals surface area contributed by atoms with Gasteiger partial charge < -0.3 is 4.74 Å².